The minimum atomic E-state index is -0.890. The van der Waals surface area contributed by atoms with Crippen molar-refractivity contribution in [3.05, 3.63) is 59.2 Å². The van der Waals surface area contributed by atoms with E-state index in [-0.39, 0.29) is 24.5 Å². The number of nitrogens with zero attached hydrogens (tertiary/aromatic N) is 1. The van der Waals surface area contributed by atoms with Gasteiger partial charge in [0.25, 0.3) is 11.7 Å². The smallest absolute Gasteiger partial charge is 0.295 e. The van der Waals surface area contributed by atoms with Crippen LogP contribution in [0.1, 0.15) is 17.2 Å². The first-order chi connectivity index (χ1) is 14.5. The lowest BCUT2D eigenvalue weighted by Gasteiger charge is -2.25. The number of methoxy groups -OCH3 is 3. The van der Waals surface area contributed by atoms with E-state index in [2.05, 4.69) is 0 Å². The molecule has 1 atom stereocenters. The molecule has 2 aromatic carbocycles. The van der Waals surface area contributed by atoms with E-state index >= 15 is 0 Å². The molecule has 0 unspecified atom stereocenters. The molecule has 1 amide bonds. The summed E-state index contributed by atoms with van der Waals surface area (Å²) in [7, 11) is 4.50. The van der Waals surface area contributed by atoms with Gasteiger partial charge in [-0.3, -0.25) is 9.59 Å². The van der Waals surface area contributed by atoms with E-state index in [9.17, 15) is 19.8 Å². The highest BCUT2D eigenvalue weighted by Gasteiger charge is 2.46. The molecule has 1 aliphatic rings. The lowest BCUT2D eigenvalue weighted by Crippen LogP contribution is -2.32. The maximum atomic E-state index is 12.8. The molecule has 1 saturated heterocycles. The van der Waals surface area contributed by atoms with Crippen LogP contribution in [-0.2, 0) is 9.59 Å². The number of Topliss-reactive ketones (excluding diaryl/α,β-unsaturated/α-hetero) is 1. The first-order valence-electron chi connectivity index (χ1n) is 9.22. The third kappa shape index (κ3) is 3.69. The second kappa shape index (κ2) is 8.87. The summed E-state index contributed by atoms with van der Waals surface area (Å²) in [6.45, 7) is -0.400. The number of benzene rings is 2. The van der Waals surface area contributed by atoms with Crippen LogP contribution in [-0.4, -0.2) is 61.3 Å². The van der Waals surface area contributed by atoms with Gasteiger partial charge in [0, 0.05) is 12.1 Å². The summed E-state index contributed by atoms with van der Waals surface area (Å²) in [5.74, 6) is -0.444. The quantitative estimate of drug-likeness (QED) is 0.407. The standard InChI is InChI=1S/C22H23NO7/c1-28-15-7-4-13(5-8-15)20(25)18-19(23(10-11-24)22(27)21(18)26)14-6-9-16(29-2)17(12-14)30-3/h4-9,12,19,24-25H,10-11H2,1-3H3/t19-/m1/s1. The highest BCUT2D eigenvalue weighted by atomic mass is 16.5. The molecule has 0 aromatic heterocycles. The van der Waals surface area contributed by atoms with Crippen molar-refractivity contribution in [3.8, 4) is 17.2 Å². The van der Waals surface area contributed by atoms with Crippen LogP contribution in [0.2, 0.25) is 0 Å². The number of carbonyl (C=O) groups excluding carboxylic acids is 2. The average molecular weight is 413 g/mol. The van der Waals surface area contributed by atoms with Gasteiger partial charge in [0.2, 0.25) is 0 Å². The highest BCUT2D eigenvalue weighted by Crippen LogP contribution is 2.41. The van der Waals surface area contributed by atoms with Crippen molar-refractivity contribution in [2.24, 2.45) is 0 Å². The van der Waals surface area contributed by atoms with E-state index in [0.29, 0.717) is 28.4 Å². The summed E-state index contributed by atoms with van der Waals surface area (Å²) in [4.78, 5) is 26.7. The normalized spacial score (nSPS) is 17.9. The number of hydrogen-bond acceptors (Lipinski definition) is 7. The molecule has 0 bridgehead atoms. The van der Waals surface area contributed by atoms with Crippen LogP contribution >= 0.6 is 0 Å². The number of hydrogen-bond donors (Lipinski definition) is 2. The molecule has 1 aliphatic heterocycles. The van der Waals surface area contributed by atoms with Gasteiger partial charge in [-0.2, -0.15) is 0 Å². The Kier molecular flexibility index (Phi) is 6.27. The maximum Gasteiger partial charge on any atom is 0.295 e. The molecule has 3 rings (SSSR count). The van der Waals surface area contributed by atoms with Crippen molar-refractivity contribution in [3.63, 3.8) is 0 Å². The lowest BCUT2D eigenvalue weighted by molar-refractivity contribution is -0.140. The van der Waals surface area contributed by atoms with E-state index in [4.69, 9.17) is 14.2 Å². The molecule has 0 radical (unpaired) electrons. The van der Waals surface area contributed by atoms with E-state index in [1.54, 1.807) is 42.5 Å². The van der Waals surface area contributed by atoms with E-state index < -0.39 is 17.7 Å². The van der Waals surface area contributed by atoms with Crippen molar-refractivity contribution in [2.45, 2.75) is 6.04 Å². The monoisotopic (exact) mass is 413 g/mol. The van der Waals surface area contributed by atoms with Gasteiger partial charge in [-0.1, -0.05) is 6.07 Å². The molecule has 0 aliphatic carbocycles. The van der Waals surface area contributed by atoms with Gasteiger partial charge in [-0.05, 0) is 42.0 Å². The predicted octanol–water partition coefficient (Wildman–Crippen LogP) is 2.13. The molecule has 1 heterocycles. The minimum absolute atomic E-state index is 0.0640. The van der Waals surface area contributed by atoms with E-state index in [1.807, 2.05) is 0 Å². The van der Waals surface area contributed by atoms with Crippen molar-refractivity contribution in [1.29, 1.82) is 0 Å². The molecule has 8 nitrogen and oxygen atoms in total. The van der Waals surface area contributed by atoms with Crippen LogP contribution in [0.4, 0.5) is 0 Å². The maximum absolute atomic E-state index is 12.8. The lowest BCUT2D eigenvalue weighted by atomic mass is 9.95. The SMILES string of the molecule is COc1ccc(C(O)=C2C(=O)C(=O)N(CCO)[C@@H]2c2ccc(OC)c(OC)c2)cc1. The van der Waals surface area contributed by atoms with Crippen molar-refractivity contribution >= 4 is 17.4 Å². The fraction of sp³-hybridized carbons (Fsp3) is 0.273. The molecular weight excluding hydrogens is 390 g/mol. The molecule has 1 fully saturated rings. The second-order valence-corrected chi connectivity index (χ2v) is 6.56. The predicted molar refractivity (Wildman–Crippen MR) is 109 cm³/mol. The summed E-state index contributed by atoms with van der Waals surface area (Å²) in [6, 6.07) is 10.6. The Morgan fingerprint density at radius 3 is 2.20 bits per heavy atom. The zero-order chi connectivity index (χ0) is 21.8. The third-order valence-electron chi connectivity index (χ3n) is 4.97. The number of β-amino-alcohol motifs (C(OH)–C–C–N with tert-alkyl or cyclic N) is 1. The number of rotatable bonds is 7. The molecule has 0 saturated carbocycles. The van der Waals surface area contributed by atoms with Gasteiger partial charge in [-0.25, -0.2) is 0 Å². The van der Waals surface area contributed by atoms with Gasteiger partial charge < -0.3 is 29.3 Å². The molecule has 2 aromatic rings. The van der Waals surface area contributed by atoms with Crippen LogP contribution in [0.5, 0.6) is 17.2 Å². The summed E-state index contributed by atoms with van der Waals surface area (Å²) in [6.07, 6.45) is 0. The van der Waals surface area contributed by atoms with Crippen LogP contribution < -0.4 is 14.2 Å². The van der Waals surface area contributed by atoms with Gasteiger partial charge in [0.1, 0.15) is 11.5 Å². The van der Waals surface area contributed by atoms with Gasteiger partial charge in [0.05, 0.1) is 39.6 Å². The van der Waals surface area contributed by atoms with Gasteiger partial charge >= 0.3 is 0 Å². The van der Waals surface area contributed by atoms with Crippen LogP contribution in [0.3, 0.4) is 0 Å². The fourth-order valence-corrected chi connectivity index (χ4v) is 3.49. The number of ketones is 1. The zero-order valence-electron chi connectivity index (χ0n) is 16.9. The third-order valence-corrected chi connectivity index (χ3v) is 4.97. The Hall–Kier alpha value is -3.52. The molecule has 2 N–H and O–H groups in total. The molecule has 8 heteroatoms. The van der Waals surface area contributed by atoms with Crippen molar-refractivity contribution in [2.75, 3.05) is 34.5 Å². The summed E-state index contributed by atoms with van der Waals surface area (Å²) in [5.41, 5.74) is 0.837. The number of aliphatic hydroxyl groups is 2. The number of aliphatic hydroxyl groups excluding tert-OH is 2. The average Bonchev–Trinajstić information content (AvgIpc) is 3.03. The first-order valence-corrected chi connectivity index (χ1v) is 9.22. The zero-order valence-corrected chi connectivity index (χ0v) is 16.9. The minimum Gasteiger partial charge on any atom is -0.507 e. The van der Waals surface area contributed by atoms with Crippen molar-refractivity contribution in [1.82, 2.24) is 4.90 Å². The fourth-order valence-electron chi connectivity index (χ4n) is 3.49. The Balaban J connectivity index is 2.18. The van der Waals surface area contributed by atoms with Crippen LogP contribution in [0, 0.1) is 0 Å². The number of ether oxygens (including phenoxy) is 3. The molecule has 158 valence electrons. The van der Waals surface area contributed by atoms with Crippen LogP contribution in [0.25, 0.3) is 5.76 Å². The Morgan fingerprint density at radius 1 is 0.967 bits per heavy atom. The largest absolute Gasteiger partial charge is 0.507 e. The topological polar surface area (TPSA) is 106 Å². The number of carbonyl (C=O) groups is 2. The Labute approximate surface area is 173 Å². The van der Waals surface area contributed by atoms with Crippen LogP contribution in [0.15, 0.2) is 48.0 Å². The van der Waals surface area contributed by atoms with E-state index in [0.717, 1.165) is 0 Å². The number of likely N-dealkylation sites (tertiary alicyclic amines) is 1. The molecular formula is C22H23NO7. The van der Waals surface area contributed by atoms with Gasteiger partial charge in [-0.15, -0.1) is 0 Å². The number of amides is 1. The van der Waals surface area contributed by atoms with Crippen molar-refractivity contribution < 1.29 is 34.0 Å². The summed E-state index contributed by atoms with van der Waals surface area (Å²) in [5, 5.41) is 20.4. The van der Waals surface area contributed by atoms with Gasteiger partial charge in [0.15, 0.2) is 11.5 Å². The highest BCUT2D eigenvalue weighted by molar-refractivity contribution is 6.46. The first kappa shape index (κ1) is 21.2. The molecule has 30 heavy (non-hydrogen) atoms. The van der Waals surface area contributed by atoms with E-state index in [1.165, 1.54) is 26.2 Å². The summed E-state index contributed by atoms with van der Waals surface area (Å²) >= 11 is 0. The Morgan fingerprint density at radius 2 is 1.63 bits per heavy atom. The molecule has 0 spiro atoms. The summed E-state index contributed by atoms with van der Waals surface area (Å²) < 4.78 is 15.7. The second-order valence-electron chi connectivity index (χ2n) is 6.56. The Bertz CT molecular complexity index is 981.